The highest BCUT2D eigenvalue weighted by atomic mass is 16.5. The summed E-state index contributed by atoms with van der Waals surface area (Å²) in [5.41, 5.74) is 0.999. The van der Waals surface area contributed by atoms with Crippen molar-refractivity contribution in [3.8, 4) is 0 Å². The molecule has 0 aromatic carbocycles. The quantitative estimate of drug-likeness (QED) is 0.594. The van der Waals surface area contributed by atoms with Crippen molar-refractivity contribution < 1.29 is 4.52 Å². The van der Waals surface area contributed by atoms with E-state index in [-0.39, 0.29) is 0 Å². The number of rotatable bonds is 7. The molecule has 7 heteroatoms. The third kappa shape index (κ3) is 5.49. The van der Waals surface area contributed by atoms with Crippen molar-refractivity contribution in [3.05, 3.63) is 18.0 Å². The summed E-state index contributed by atoms with van der Waals surface area (Å²) < 4.78 is 4.90. The molecule has 2 heterocycles. The predicted molar refractivity (Wildman–Crippen MR) is 97.1 cm³/mol. The van der Waals surface area contributed by atoms with Gasteiger partial charge in [0.05, 0.1) is 5.69 Å². The van der Waals surface area contributed by atoms with Gasteiger partial charge in [-0.25, -0.2) is 0 Å². The number of hydrogen-bond donors (Lipinski definition) is 1. The number of aromatic nitrogens is 1. The van der Waals surface area contributed by atoms with Crippen LogP contribution in [-0.4, -0.2) is 85.2 Å². The van der Waals surface area contributed by atoms with Crippen LogP contribution in [0.25, 0.3) is 0 Å². The number of piperazine rings is 1. The van der Waals surface area contributed by atoms with Crippen molar-refractivity contribution >= 4 is 5.96 Å². The van der Waals surface area contributed by atoms with E-state index in [1.807, 2.05) is 13.1 Å². The summed E-state index contributed by atoms with van der Waals surface area (Å²) in [6.07, 6.45) is 2.81. The van der Waals surface area contributed by atoms with Gasteiger partial charge in [-0.15, -0.1) is 0 Å². The average Bonchev–Trinajstić information content (AvgIpc) is 3.11. The summed E-state index contributed by atoms with van der Waals surface area (Å²) in [5, 5.41) is 7.49. The molecule has 1 aromatic heterocycles. The summed E-state index contributed by atoms with van der Waals surface area (Å²) in [6.45, 7) is 11.3. The van der Waals surface area contributed by atoms with E-state index in [9.17, 15) is 0 Å². The van der Waals surface area contributed by atoms with Gasteiger partial charge in [0, 0.05) is 65.0 Å². The molecule has 1 fully saturated rings. The molecule has 0 bridgehead atoms. The maximum Gasteiger partial charge on any atom is 0.193 e. The van der Waals surface area contributed by atoms with Crippen LogP contribution in [-0.2, 0) is 6.54 Å². The molecule has 1 aliphatic rings. The SMILES string of the molecule is CCC(C)N(C)CCNC(=NC)N1CCN(Cc2ccon2)CC1. The minimum atomic E-state index is 0.619. The molecule has 0 aliphatic carbocycles. The molecule has 0 saturated carbocycles. The molecule has 0 amide bonds. The zero-order valence-corrected chi connectivity index (χ0v) is 15.5. The van der Waals surface area contributed by atoms with Gasteiger partial charge in [0.2, 0.25) is 0 Å². The lowest BCUT2D eigenvalue weighted by Gasteiger charge is -2.36. The largest absolute Gasteiger partial charge is 0.364 e. The topological polar surface area (TPSA) is 60.1 Å². The van der Waals surface area contributed by atoms with Crippen molar-refractivity contribution in [2.75, 3.05) is 53.4 Å². The first-order chi connectivity index (χ1) is 11.6. The van der Waals surface area contributed by atoms with Crippen LogP contribution >= 0.6 is 0 Å². The van der Waals surface area contributed by atoms with E-state index >= 15 is 0 Å². The summed E-state index contributed by atoms with van der Waals surface area (Å²) in [5.74, 6) is 1.01. The Kier molecular flexibility index (Phi) is 7.52. The maximum absolute atomic E-state index is 4.90. The van der Waals surface area contributed by atoms with Crippen LogP contribution in [0.1, 0.15) is 26.0 Å². The molecule has 2 rings (SSSR count). The van der Waals surface area contributed by atoms with Gasteiger partial charge in [0.25, 0.3) is 0 Å². The van der Waals surface area contributed by atoms with Crippen LogP contribution in [0.5, 0.6) is 0 Å². The third-order valence-corrected chi connectivity index (χ3v) is 4.85. The van der Waals surface area contributed by atoms with Gasteiger partial charge < -0.3 is 19.6 Å². The normalized spacial score (nSPS) is 18.2. The maximum atomic E-state index is 4.90. The molecule has 1 aliphatic heterocycles. The third-order valence-electron chi connectivity index (χ3n) is 4.85. The Morgan fingerprint density at radius 2 is 2.17 bits per heavy atom. The molecule has 24 heavy (non-hydrogen) atoms. The summed E-state index contributed by atoms with van der Waals surface area (Å²) in [4.78, 5) is 11.6. The zero-order chi connectivity index (χ0) is 17.4. The minimum absolute atomic E-state index is 0.619. The van der Waals surface area contributed by atoms with Gasteiger partial charge >= 0.3 is 0 Å². The molecule has 0 spiro atoms. The van der Waals surface area contributed by atoms with E-state index in [0.717, 1.165) is 57.5 Å². The Labute approximate surface area is 145 Å². The Hall–Kier alpha value is -1.60. The van der Waals surface area contributed by atoms with Gasteiger partial charge in [-0.05, 0) is 20.4 Å². The first-order valence-electron chi connectivity index (χ1n) is 8.91. The average molecular weight is 336 g/mol. The first-order valence-corrected chi connectivity index (χ1v) is 8.91. The van der Waals surface area contributed by atoms with Crippen LogP contribution < -0.4 is 5.32 Å². The van der Waals surface area contributed by atoms with Crippen molar-refractivity contribution in [1.29, 1.82) is 0 Å². The highest BCUT2D eigenvalue weighted by Gasteiger charge is 2.20. The van der Waals surface area contributed by atoms with E-state index in [2.05, 4.69) is 51.1 Å². The minimum Gasteiger partial charge on any atom is -0.364 e. The van der Waals surface area contributed by atoms with Crippen LogP contribution in [0.15, 0.2) is 21.8 Å². The second-order valence-electron chi connectivity index (χ2n) is 6.47. The zero-order valence-electron chi connectivity index (χ0n) is 15.5. The van der Waals surface area contributed by atoms with Crippen LogP contribution in [0, 0.1) is 0 Å². The monoisotopic (exact) mass is 336 g/mol. The molecule has 1 atom stereocenters. The number of aliphatic imine (C=N–C) groups is 1. The number of nitrogens with one attached hydrogen (secondary N) is 1. The number of hydrogen-bond acceptors (Lipinski definition) is 5. The number of likely N-dealkylation sites (N-methyl/N-ethyl adjacent to an activating group) is 1. The molecule has 7 nitrogen and oxygen atoms in total. The highest BCUT2D eigenvalue weighted by Crippen LogP contribution is 2.07. The van der Waals surface area contributed by atoms with Gasteiger partial charge in [0.1, 0.15) is 6.26 Å². The van der Waals surface area contributed by atoms with Gasteiger partial charge in [-0.1, -0.05) is 12.1 Å². The van der Waals surface area contributed by atoms with Gasteiger partial charge in [-0.2, -0.15) is 0 Å². The fourth-order valence-electron chi connectivity index (χ4n) is 2.87. The van der Waals surface area contributed by atoms with Crippen LogP contribution in [0.2, 0.25) is 0 Å². The van der Waals surface area contributed by atoms with Crippen molar-refractivity contribution in [2.45, 2.75) is 32.9 Å². The molecule has 1 N–H and O–H groups in total. The second kappa shape index (κ2) is 9.64. The Balaban J connectivity index is 1.71. The van der Waals surface area contributed by atoms with E-state index in [1.165, 1.54) is 6.42 Å². The summed E-state index contributed by atoms with van der Waals surface area (Å²) in [7, 11) is 4.05. The van der Waals surface area contributed by atoms with Crippen molar-refractivity contribution in [2.24, 2.45) is 4.99 Å². The fourth-order valence-corrected chi connectivity index (χ4v) is 2.87. The molecule has 0 radical (unpaired) electrons. The lowest BCUT2D eigenvalue weighted by atomic mass is 10.2. The molecule has 136 valence electrons. The molecular weight excluding hydrogens is 304 g/mol. The number of nitrogens with zero attached hydrogens (tertiary/aromatic N) is 5. The van der Waals surface area contributed by atoms with Crippen LogP contribution in [0.3, 0.4) is 0 Å². The summed E-state index contributed by atoms with van der Waals surface area (Å²) in [6, 6.07) is 2.55. The number of guanidine groups is 1. The standard InChI is InChI=1S/C17H32N6O/c1-5-15(2)21(4)8-7-19-17(18-3)23-11-9-22(10-12-23)14-16-6-13-24-20-16/h6,13,15H,5,7-12,14H2,1-4H3,(H,18,19). The Morgan fingerprint density at radius 3 is 2.75 bits per heavy atom. The Morgan fingerprint density at radius 1 is 1.42 bits per heavy atom. The van der Waals surface area contributed by atoms with Gasteiger partial charge in [-0.3, -0.25) is 9.89 Å². The Bertz CT molecular complexity index is 481. The lowest BCUT2D eigenvalue weighted by molar-refractivity contribution is 0.168. The van der Waals surface area contributed by atoms with Crippen molar-refractivity contribution in [1.82, 2.24) is 25.2 Å². The first kappa shape index (κ1) is 18.7. The molecule has 1 aromatic rings. The lowest BCUT2D eigenvalue weighted by Crippen LogP contribution is -2.53. The summed E-state index contributed by atoms with van der Waals surface area (Å²) >= 11 is 0. The molecular formula is C17H32N6O. The van der Waals surface area contributed by atoms with Crippen molar-refractivity contribution in [3.63, 3.8) is 0 Å². The smallest absolute Gasteiger partial charge is 0.193 e. The predicted octanol–water partition coefficient (Wildman–Crippen LogP) is 1.10. The molecule has 1 saturated heterocycles. The second-order valence-corrected chi connectivity index (χ2v) is 6.47. The van der Waals surface area contributed by atoms with E-state index in [4.69, 9.17) is 4.52 Å². The highest BCUT2D eigenvalue weighted by molar-refractivity contribution is 5.80. The van der Waals surface area contributed by atoms with Gasteiger partial charge in [0.15, 0.2) is 5.96 Å². The van der Waals surface area contributed by atoms with Crippen LogP contribution in [0.4, 0.5) is 0 Å². The van der Waals surface area contributed by atoms with E-state index in [1.54, 1.807) is 6.26 Å². The van der Waals surface area contributed by atoms with E-state index in [0.29, 0.717) is 6.04 Å². The fraction of sp³-hybridized carbons (Fsp3) is 0.765. The molecule has 1 unspecified atom stereocenters. The van der Waals surface area contributed by atoms with E-state index < -0.39 is 0 Å².